The Kier molecular flexibility index (Phi) is 6.72. The van der Waals surface area contributed by atoms with Gasteiger partial charge in [0.2, 0.25) is 0 Å². The van der Waals surface area contributed by atoms with Gasteiger partial charge in [0.25, 0.3) is 5.78 Å². The van der Waals surface area contributed by atoms with Crippen LogP contribution in [0.5, 0.6) is 0 Å². The Morgan fingerprint density at radius 2 is 2.29 bits per heavy atom. The van der Waals surface area contributed by atoms with Gasteiger partial charge in [0.15, 0.2) is 0 Å². The Morgan fingerprint density at radius 3 is 2.79 bits per heavy atom. The molecule has 0 saturated heterocycles. The normalized spacial score (nSPS) is 20.4. The number of Topliss-reactive ketones (excluding diaryl/α,β-unsaturated/α-hetero) is 1. The van der Waals surface area contributed by atoms with E-state index in [0.29, 0.717) is 4.61 Å². The van der Waals surface area contributed by atoms with Gasteiger partial charge in [-0.25, -0.2) is 4.79 Å². The molecule has 0 bridgehead atoms. The predicted octanol–water partition coefficient (Wildman–Crippen LogP) is -0.203. The Balaban J connectivity index is 2.57. The maximum atomic E-state index is 11.8. The van der Waals surface area contributed by atoms with Crippen LogP contribution in [0.25, 0.3) is 0 Å². The lowest BCUT2D eigenvalue weighted by molar-refractivity contribution is -0.164. The molecule has 0 saturated carbocycles. The number of nitrogens with two attached hydrogens (primary N) is 1. The maximum Gasteiger partial charge on any atom is 0.376 e. The molecule has 1 unspecified atom stereocenters. The SMILES string of the molecule is [2H]N[C@@H](C)C(=O)C(=O)OC(C)(C)CN[C@@H](CC1C=C(Br)NO1)C(=O)O. The zero-order chi connectivity index (χ0) is 19.2. The third-order valence-corrected chi connectivity index (χ3v) is 3.57. The molecule has 24 heavy (non-hydrogen) atoms. The number of nitrogens with one attached hydrogen (secondary N) is 2. The summed E-state index contributed by atoms with van der Waals surface area (Å²) in [6.45, 7) is 4.47. The van der Waals surface area contributed by atoms with Crippen molar-refractivity contribution >= 4 is 33.7 Å². The summed E-state index contributed by atoms with van der Waals surface area (Å²) in [4.78, 5) is 40.0. The summed E-state index contributed by atoms with van der Waals surface area (Å²) < 4.78 is 12.6. The lowest BCUT2D eigenvalue weighted by Gasteiger charge is -2.27. The number of carboxylic acid groups (broad SMARTS) is 1. The van der Waals surface area contributed by atoms with E-state index in [1.165, 1.54) is 6.92 Å². The summed E-state index contributed by atoms with van der Waals surface area (Å²) in [6, 6.07) is -1.93. The molecule has 0 aromatic rings. The van der Waals surface area contributed by atoms with Crippen LogP contribution in [-0.2, 0) is 24.0 Å². The molecular weight excluding hydrogens is 386 g/mol. The Morgan fingerprint density at radius 1 is 1.62 bits per heavy atom. The number of halogens is 1. The average molecular weight is 409 g/mol. The quantitative estimate of drug-likeness (QED) is 0.219. The molecule has 0 aromatic carbocycles. The number of hydroxylamine groups is 1. The fourth-order valence-corrected chi connectivity index (χ4v) is 2.25. The molecule has 1 rings (SSSR count). The van der Waals surface area contributed by atoms with E-state index in [4.69, 9.17) is 11.0 Å². The van der Waals surface area contributed by atoms with Crippen LogP contribution in [0.2, 0.25) is 1.41 Å². The molecule has 0 aliphatic carbocycles. The lowest BCUT2D eigenvalue weighted by atomic mass is 10.1. The molecule has 1 heterocycles. The minimum Gasteiger partial charge on any atom is -0.480 e. The van der Waals surface area contributed by atoms with Gasteiger partial charge in [0, 0.05) is 13.0 Å². The fourth-order valence-electron chi connectivity index (χ4n) is 1.87. The molecule has 1 aliphatic rings. The first-order valence-electron chi connectivity index (χ1n) is 7.75. The van der Waals surface area contributed by atoms with Gasteiger partial charge in [0.1, 0.15) is 23.8 Å². The van der Waals surface area contributed by atoms with E-state index in [9.17, 15) is 19.5 Å². The second-order valence-electron chi connectivity index (χ2n) is 6.02. The molecule has 10 heteroatoms. The van der Waals surface area contributed by atoms with Crippen molar-refractivity contribution in [1.82, 2.24) is 10.8 Å². The van der Waals surface area contributed by atoms with Gasteiger partial charge in [0.05, 0.1) is 6.04 Å². The predicted molar refractivity (Wildman–Crippen MR) is 87.9 cm³/mol. The zero-order valence-electron chi connectivity index (χ0n) is 14.6. The van der Waals surface area contributed by atoms with Crippen LogP contribution in [0, 0.1) is 0 Å². The van der Waals surface area contributed by atoms with Crippen molar-refractivity contribution in [3.8, 4) is 0 Å². The number of hydrogen-bond donors (Lipinski definition) is 4. The second-order valence-corrected chi connectivity index (χ2v) is 6.87. The van der Waals surface area contributed by atoms with Crippen LogP contribution >= 0.6 is 15.9 Å². The van der Waals surface area contributed by atoms with E-state index in [2.05, 4.69) is 26.7 Å². The highest BCUT2D eigenvalue weighted by atomic mass is 79.9. The van der Waals surface area contributed by atoms with Crippen molar-refractivity contribution in [2.45, 2.75) is 51.0 Å². The van der Waals surface area contributed by atoms with Gasteiger partial charge in [-0.15, -0.1) is 0 Å². The van der Waals surface area contributed by atoms with Crippen molar-refractivity contribution in [1.29, 1.82) is 0 Å². The maximum absolute atomic E-state index is 11.8. The van der Waals surface area contributed by atoms with Gasteiger partial charge in [-0.2, -0.15) is 0 Å². The highest BCUT2D eigenvalue weighted by molar-refractivity contribution is 9.11. The molecule has 9 nitrogen and oxygen atoms in total. The summed E-state index contributed by atoms with van der Waals surface area (Å²) in [5, 5.41) is 12.1. The number of hydrogen-bond acceptors (Lipinski definition) is 8. The number of carbonyl (C=O) groups is 3. The van der Waals surface area contributed by atoms with E-state index in [1.54, 1.807) is 19.9 Å². The molecule has 0 fully saturated rings. The van der Waals surface area contributed by atoms with Crippen molar-refractivity contribution < 1.29 is 30.5 Å². The van der Waals surface area contributed by atoms with Crippen LogP contribution in [0.3, 0.4) is 0 Å². The molecule has 0 radical (unpaired) electrons. The van der Waals surface area contributed by atoms with Gasteiger partial charge in [-0.05, 0) is 42.8 Å². The molecule has 136 valence electrons. The fraction of sp³-hybridized carbons (Fsp3) is 0.643. The minimum absolute atomic E-state index is 0.0106. The van der Waals surface area contributed by atoms with Crippen LogP contribution in [0.1, 0.15) is 27.2 Å². The van der Waals surface area contributed by atoms with Crippen molar-refractivity contribution in [2.24, 2.45) is 5.73 Å². The molecule has 0 spiro atoms. The summed E-state index contributed by atoms with van der Waals surface area (Å²) in [5.41, 5.74) is 3.37. The Hall–Kier alpha value is -1.49. The van der Waals surface area contributed by atoms with Crippen LogP contribution < -0.4 is 16.5 Å². The third-order valence-electron chi connectivity index (χ3n) is 3.14. The molecule has 0 amide bonds. The van der Waals surface area contributed by atoms with E-state index in [1.807, 2.05) is 5.73 Å². The highest BCUT2D eigenvalue weighted by Crippen LogP contribution is 2.17. The number of carboxylic acids is 1. The van der Waals surface area contributed by atoms with E-state index in [-0.39, 0.29) is 13.0 Å². The Labute approximate surface area is 149 Å². The monoisotopic (exact) mass is 408 g/mol. The highest BCUT2D eigenvalue weighted by Gasteiger charge is 2.31. The largest absolute Gasteiger partial charge is 0.480 e. The van der Waals surface area contributed by atoms with E-state index >= 15 is 0 Å². The topological polar surface area (TPSA) is 140 Å². The molecule has 3 atom stereocenters. The smallest absolute Gasteiger partial charge is 0.376 e. The van der Waals surface area contributed by atoms with E-state index < -0.39 is 41.5 Å². The van der Waals surface area contributed by atoms with Gasteiger partial charge < -0.3 is 20.9 Å². The van der Waals surface area contributed by atoms with Crippen LogP contribution in [-0.4, -0.2) is 53.2 Å². The van der Waals surface area contributed by atoms with Gasteiger partial charge >= 0.3 is 11.9 Å². The third kappa shape index (κ3) is 6.56. The van der Waals surface area contributed by atoms with Crippen LogP contribution in [0.4, 0.5) is 0 Å². The molecule has 1 aliphatic heterocycles. The standard InChI is InChI=1S/C14H22BrN3O6/c1-7(16)11(19)13(22)23-14(2,3)6-17-9(12(20)21)4-8-5-10(15)18-24-8/h5,7-9,17-18H,4,6,16H2,1-3H3,(H,20,21)/t7-,8?,9-/m0/s1/i/hD. The van der Waals surface area contributed by atoms with Gasteiger partial charge in [-0.3, -0.25) is 19.9 Å². The summed E-state index contributed by atoms with van der Waals surface area (Å²) >= 11 is 3.18. The molecule has 5 N–H and O–H groups in total. The number of ketones is 1. The summed E-state index contributed by atoms with van der Waals surface area (Å²) in [6.07, 6.45) is 1.41. The number of esters is 1. The first-order chi connectivity index (χ1) is 11.6. The second kappa shape index (κ2) is 8.56. The molecule has 0 aromatic heterocycles. The zero-order valence-corrected chi connectivity index (χ0v) is 15.2. The average Bonchev–Trinajstić information content (AvgIpc) is 2.94. The lowest BCUT2D eigenvalue weighted by Crippen LogP contribution is -2.49. The summed E-state index contributed by atoms with van der Waals surface area (Å²) in [5.74, 6) is -3.04. The minimum atomic E-state index is -1.12. The molecular formula is C14H22BrN3O6. The summed E-state index contributed by atoms with van der Waals surface area (Å²) in [7, 11) is 0. The van der Waals surface area contributed by atoms with Crippen molar-refractivity contribution in [3.63, 3.8) is 0 Å². The Bertz CT molecular complexity index is 557. The van der Waals surface area contributed by atoms with Gasteiger partial charge in [-0.1, -0.05) is 0 Å². The van der Waals surface area contributed by atoms with Crippen molar-refractivity contribution in [2.75, 3.05) is 6.54 Å². The number of aliphatic carboxylic acids is 1. The first kappa shape index (κ1) is 18.8. The number of rotatable bonds is 10. The first-order valence-corrected chi connectivity index (χ1v) is 8.04. The number of ether oxygens (including phenoxy) is 1. The number of carbonyl (C=O) groups excluding carboxylic acids is 2. The van der Waals surface area contributed by atoms with Crippen molar-refractivity contribution in [3.05, 3.63) is 10.7 Å². The van der Waals surface area contributed by atoms with E-state index in [0.717, 1.165) is 0 Å². The van der Waals surface area contributed by atoms with Crippen LogP contribution in [0.15, 0.2) is 10.7 Å².